The molecule has 3 rings (SSSR count). The fourth-order valence-electron chi connectivity index (χ4n) is 2.61. The van der Waals surface area contributed by atoms with Gasteiger partial charge in [-0.05, 0) is 24.3 Å². The van der Waals surface area contributed by atoms with Crippen LogP contribution in [0.3, 0.4) is 0 Å². The largest absolute Gasteiger partial charge is 0.388 e. The zero-order valence-electron chi connectivity index (χ0n) is 11.7. The minimum Gasteiger partial charge on any atom is -0.388 e. The Labute approximate surface area is 131 Å². The first-order chi connectivity index (χ1) is 10.1. The van der Waals surface area contributed by atoms with E-state index in [0.29, 0.717) is 6.54 Å². The third-order valence-electron chi connectivity index (χ3n) is 3.81. The van der Waals surface area contributed by atoms with Crippen molar-refractivity contribution in [3.05, 3.63) is 27.9 Å². The zero-order valence-corrected chi connectivity index (χ0v) is 13.3. The Morgan fingerprint density at radius 2 is 2.19 bits per heavy atom. The van der Waals surface area contributed by atoms with Crippen LogP contribution in [-0.4, -0.2) is 28.1 Å². The zero-order chi connectivity index (χ0) is 14.7. The van der Waals surface area contributed by atoms with Crippen molar-refractivity contribution in [2.24, 2.45) is 0 Å². The molecule has 2 heterocycles. The van der Waals surface area contributed by atoms with Gasteiger partial charge in [0.15, 0.2) is 0 Å². The quantitative estimate of drug-likeness (QED) is 0.890. The number of thiazole rings is 1. The second kappa shape index (κ2) is 6.25. The lowest BCUT2D eigenvalue weighted by Gasteiger charge is -2.22. The van der Waals surface area contributed by atoms with Gasteiger partial charge in [-0.15, -0.1) is 11.3 Å². The van der Waals surface area contributed by atoms with Crippen molar-refractivity contribution in [1.82, 2.24) is 10.3 Å². The fourth-order valence-corrected chi connectivity index (χ4v) is 4.14. The van der Waals surface area contributed by atoms with E-state index in [4.69, 9.17) is 0 Å². The van der Waals surface area contributed by atoms with Crippen LogP contribution in [0.15, 0.2) is 22.2 Å². The molecule has 1 aliphatic carbocycles. The minimum absolute atomic E-state index is 0.0718. The van der Waals surface area contributed by atoms with E-state index in [1.807, 2.05) is 16.8 Å². The highest BCUT2D eigenvalue weighted by atomic mass is 32.1. The smallest absolute Gasteiger partial charge is 0.226 e. The summed E-state index contributed by atoms with van der Waals surface area (Å²) in [7, 11) is 0. The van der Waals surface area contributed by atoms with Crippen molar-refractivity contribution >= 4 is 28.6 Å². The molecule has 21 heavy (non-hydrogen) atoms. The van der Waals surface area contributed by atoms with Crippen LogP contribution in [0, 0.1) is 0 Å². The number of amides is 1. The van der Waals surface area contributed by atoms with Crippen LogP contribution in [0.25, 0.3) is 10.6 Å². The average molecular weight is 322 g/mol. The number of thiophene rings is 1. The van der Waals surface area contributed by atoms with Gasteiger partial charge in [0.2, 0.25) is 5.91 Å². The maximum atomic E-state index is 12.0. The van der Waals surface area contributed by atoms with E-state index in [2.05, 4.69) is 15.7 Å². The summed E-state index contributed by atoms with van der Waals surface area (Å²) in [4.78, 5) is 16.4. The molecule has 2 aromatic rings. The summed E-state index contributed by atoms with van der Waals surface area (Å²) >= 11 is 3.20. The lowest BCUT2D eigenvalue weighted by molar-refractivity contribution is -0.121. The van der Waals surface area contributed by atoms with Crippen molar-refractivity contribution in [1.29, 1.82) is 0 Å². The Bertz CT molecular complexity index is 601. The SMILES string of the molecule is O=C(Cc1csc(-c2ccsc2)n1)NCC1(O)CCCC1. The minimum atomic E-state index is -0.695. The standard InChI is InChI=1S/C15H18N2O2S2/c18-13(16-10-15(19)4-1-2-5-15)7-12-9-21-14(17-12)11-3-6-20-8-11/h3,6,8-9,19H,1-2,4-5,7,10H2,(H,16,18). The fraction of sp³-hybridized carbons (Fsp3) is 0.467. The highest BCUT2D eigenvalue weighted by Gasteiger charge is 2.31. The highest BCUT2D eigenvalue weighted by molar-refractivity contribution is 7.14. The first-order valence-corrected chi connectivity index (χ1v) is 8.93. The number of nitrogens with zero attached hydrogens (tertiary/aromatic N) is 1. The van der Waals surface area contributed by atoms with E-state index < -0.39 is 5.60 Å². The number of hydrogen-bond acceptors (Lipinski definition) is 5. The monoisotopic (exact) mass is 322 g/mol. The van der Waals surface area contributed by atoms with Crippen LogP contribution in [0.5, 0.6) is 0 Å². The number of aliphatic hydroxyl groups is 1. The molecule has 0 aromatic carbocycles. The number of carbonyl (C=O) groups is 1. The highest BCUT2D eigenvalue weighted by Crippen LogP contribution is 2.28. The molecule has 1 fully saturated rings. The topological polar surface area (TPSA) is 62.2 Å². The summed E-state index contributed by atoms with van der Waals surface area (Å²) in [5.41, 5.74) is 1.20. The van der Waals surface area contributed by atoms with Gasteiger partial charge in [0.1, 0.15) is 5.01 Å². The van der Waals surface area contributed by atoms with Gasteiger partial charge in [0.25, 0.3) is 0 Å². The van der Waals surface area contributed by atoms with Gasteiger partial charge in [-0.3, -0.25) is 4.79 Å². The van der Waals surface area contributed by atoms with Gasteiger partial charge in [-0.25, -0.2) is 4.98 Å². The van der Waals surface area contributed by atoms with E-state index in [0.717, 1.165) is 41.9 Å². The predicted molar refractivity (Wildman–Crippen MR) is 85.6 cm³/mol. The molecule has 6 heteroatoms. The number of aromatic nitrogens is 1. The molecular formula is C15H18N2O2S2. The first kappa shape index (κ1) is 14.7. The summed E-state index contributed by atoms with van der Waals surface area (Å²) in [5.74, 6) is -0.0718. The molecule has 0 unspecified atom stereocenters. The van der Waals surface area contributed by atoms with Crippen molar-refractivity contribution in [2.75, 3.05) is 6.54 Å². The lowest BCUT2D eigenvalue weighted by atomic mass is 10.0. The maximum absolute atomic E-state index is 12.0. The van der Waals surface area contributed by atoms with Crippen LogP contribution >= 0.6 is 22.7 Å². The van der Waals surface area contributed by atoms with Crippen LogP contribution in [-0.2, 0) is 11.2 Å². The summed E-state index contributed by atoms with van der Waals surface area (Å²) in [6, 6.07) is 2.03. The molecule has 0 spiro atoms. The molecule has 112 valence electrons. The Morgan fingerprint density at radius 1 is 1.38 bits per heavy atom. The molecule has 4 nitrogen and oxygen atoms in total. The molecule has 0 aliphatic heterocycles. The van der Waals surface area contributed by atoms with Gasteiger partial charge < -0.3 is 10.4 Å². The van der Waals surface area contributed by atoms with E-state index in [1.54, 1.807) is 22.7 Å². The Balaban J connectivity index is 1.53. The molecular weight excluding hydrogens is 304 g/mol. The molecule has 2 aromatic heterocycles. The van der Waals surface area contributed by atoms with Gasteiger partial charge >= 0.3 is 0 Å². The molecule has 1 amide bonds. The first-order valence-electron chi connectivity index (χ1n) is 7.11. The Kier molecular flexibility index (Phi) is 4.37. The second-order valence-electron chi connectivity index (χ2n) is 5.54. The number of carbonyl (C=O) groups excluding carboxylic acids is 1. The van der Waals surface area contributed by atoms with E-state index in [-0.39, 0.29) is 12.3 Å². The Hall–Kier alpha value is -1.24. The molecule has 1 aliphatic rings. The Morgan fingerprint density at radius 3 is 2.90 bits per heavy atom. The van der Waals surface area contributed by atoms with Crippen molar-refractivity contribution in [3.63, 3.8) is 0 Å². The molecule has 1 saturated carbocycles. The van der Waals surface area contributed by atoms with Crippen LogP contribution in [0.2, 0.25) is 0 Å². The summed E-state index contributed by atoms with van der Waals surface area (Å²) in [5, 5.41) is 20.0. The third kappa shape index (κ3) is 3.70. The van der Waals surface area contributed by atoms with E-state index >= 15 is 0 Å². The number of nitrogens with one attached hydrogen (secondary N) is 1. The van der Waals surface area contributed by atoms with Gasteiger partial charge in [0, 0.05) is 22.9 Å². The molecule has 0 bridgehead atoms. The molecule has 0 radical (unpaired) electrons. The molecule has 0 atom stereocenters. The molecule has 0 saturated heterocycles. The number of hydrogen-bond donors (Lipinski definition) is 2. The van der Waals surface area contributed by atoms with Crippen molar-refractivity contribution in [2.45, 2.75) is 37.7 Å². The summed E-state index contributed by atoms with van der Waals surface area (Å²) in [6.07, 6.45) is 3.93. The van der Waals surface area contributed by atoms with E-state index in [9.17, 15) is 9.90 Å². The lowest BCUT2D eigenvalue weighted by Crippen LogP contribution is -2.41. The van der Waals surface area contributed by atoms with Gasteiger partial charge in [-0.1, -0.05) is 12.8 Å². The number of rotatable bonds is 5. The van der Waals surface area contributed by atoms with Crippen molar-refractivity contribution < 1.29 is 9.90 Å². The molecule has 2 N–H and O–H groups in total. The normalized spacial score (nSPS) is 17.0. The summed E-state index contributed by atoms with van der Waals surface area (Å²) in [6.45, 7) is 0.355. The summed E-state index contributed by atoms with van der Waals surface area (Å²) < 4.78 is 0. The van der Waals surface area contributed by atoms with Crippen LogP contribution in [0.4, 0.5) is 0 Å². The van der Waals surface area contributed by atoms with E-state index in [1.165, 1.54) is 0 Å². The van der Waals surface area contributed by atoms with Crippen LogP contribution < -0.4 is 5.32 Å². The average Bonchev–Trinajstić information content (AvgIpc) is 3.17. The van der Waals surface area contributed by atoms with Gasteiger partial charge in [0.05, 0.1) is 17.7 Å². The van der Waals surface area contributed by atoms with Crippen LogP contribution in [0.1, 0.15) is 31.4 Å². The maximum Gasteiger partial charge on any atom is 0.226 e. The third-order valence-corrected chi connectivity index (χ3v) is 5.43. The van der Waals surface area contributed by atoms with Gasteiger partial charge in [-0.2, -0.15) is 11.3 Å². The predicted octanol–water partition coefficient (Wildman–Crippen LogP) is 2.84. The van der Waals surface area contributed by atoms with Crippen molar-refractivity contribution in [3.8, 4) is 10.6 Å². The second-order valence-corrected chi connectivity index (χ2v) is 7.18.